The number of benzene rings is 1. The van der Waals surface area contributed by atoms with E-state index in [1.165, 1.54) is 0 Å². The number of aromatic nitrogens is 1. The van der Waals surface area contributed by atoms with Crippen LogP contribution in [0.2, 0.25) is 0 Å². The quantitative estimate of drug-likeness (QED) is 0.806. The summed E-state index contributed by atoms with van der Waals surface area (Å²) in [5.41, 5.74) is 7.13. The third-order valence-corrected chi connectivity index (χ3v) is 2.23. The average molecular weight is 216 g/mol. The second-order valence-electron chi connectivity index (χ2n) is 3.33. The van der Waals surface area contributed by atoms with Crippen LogP contribution in [-0.4, -0.2) is 17.2 Å². The summed E-state index contributed by atoms with van der Waals surface area (Å²) in [6.45, 7) is 0. The predicted octanol–water partition coefficient (Wildman–Crippen LogP) is 2.04. The lowest BCUT2D eigenvalue weighted by atomic mass is 10.1. The second kappa shape index (κ2) is 4.10. The fourth-order valence-electron chi connectivity index (χ4n) is 1.49. The molecule has 16 heavy (non-hydrogen) atoms. The van der Waals surface area contributed by atoms with Crippen LogP contribution in [0.15, 0.2) is 36.4 Å². The molecule has 0 amide bonds. The topological polar surface area (TPSA) is 68.4 Å². The van der Waals surface area contributed by atoms with E-state index in [4.69, 9.17) is 10.5 Å². The number of anilines is 1. The molecule has 1 aromatic heterocycles. The van der Waals surface area contributed by atoms with E-state index < -0.39 is 0 Å². The Kier molecular flexibility index (Phi) is 2.64. The van der Waals surface area contributed by atoms with Crippen LogP contribution in [0, 0.1) is 0 Å². The molecular weight excluding hydrogens is 204 g/mol. The van der Waals surface area contributed by atoms with Crippen molar-refractivity contribution in [3.63, 3.8) is 0 Å². The van der Waals surface area contributed by atoms with Gasteiger partial charge in [0.1, 0.15) is 17.3 Å². The number of methoxy groups -OCH3 is 1. The lowest BCUT2D eigenvalue weighted by molar-refractivity contribution is 0.409. The van der Waals surface area contributed by atoms with Gasteiger partial charge in [-0.05, 0) is 24.3 Å². The number of nitrogen functional groups attached to an aromatic ring is 1. The highest BCUT2D eigenvalue weighted by atomic mass is 16.5. The molecule has 0 fully saturated rings. The molecule has 0 saturated carbocycles. The van der Waals surface area contributed by atoms with Crippen molar-refractivity contribution in [3.05, 3.63) is 36.4 Å². The van der Waals surface area contributed by atoms with Crippen molar-refractivity contribution < 1.29 is 9.84 Å². The Morgan fingerprint density at radius 3 is 2.75 bits per heavy atom. The van der Waals surface area contributed by atoms with Gasteiger partial charge in [0.2, 0.25) is 0 Å². The molecule has 0 aliphatic heterocycles. The summed E-state index contributed by atoms with van der Waals surface area (Å²) in [6, 6.07) is 10.3. The zero-order valence-electron chi connectivity index (χ0n) is 8.84. The number of phenols is 1. The number of aromatic hydroxyl groups is 1. The second-order valence-corrected chi connectivity index (χ2v) is 3.33. The molecule has 0 unspecified atom stereocenters. The van der Waals surface area contributed by atoms with Crippen molar-refractivity contribution in [1.29, 1.82) is 0 Å². The fraction of sp³-hybridized carbons (Fsp3) is 0.0833. The number of hydrogen-bond donors (Lipinski definition) is 2. The molecule has 3 N–H and O–H groups in total. The van der Waals surface area contributed by atoms with Crippen LogP contribution in [-0.2, 0) is 0 Å². The lowest BCUT2D eigenvalue weighted by Gasteiger charge is -2.08. The smallest absolute Gasteiger partial charge is 0.131 e. The number of ether oxygens (including phenoxy) is 1. The maximum Gasteiger partial charge on any atom is 0.131 e. The molecule has 1 heterocycles. The van der Waals surface area contributed by atoms with Crippen LogP contribution in [0.3, 0.4) is 0 Å². The van der Waals surface area contributed by atoms with Crippen molar-refractivity contribution in [2.75, 3.05) is 12.8 Å². The summed E-state index contributed by atoms with van der Waals surface area (Å²) in [4.78, 5) is 4.20. The molecule has 0 spiro atoms. The monoisotopic (exact) mass is 216 g/mol. The first kappa shape index (κ1) is 10.3. The number of nitrogens with zero attached hydrogens (tertiary/aromatic N) is 1. The molecule has 0 bridgehead atoms. The molecule has 0 aliphatic carbocycles. The van der Waals surface area contributed by atoms with Crippen LogP contribution in [0.1, 0.15) is 0 Å². The maximum absolute atomic E-state index is 9.35. The SMILES string of the molecule is COc1cc(O)ccc1-c1cccc(N)n1. The summed E-state index contributed by atoms with van der Waals surface area (Å²) in [5.74, 6) is 1.18. The summed E-state index contributed by atoms with van der Waals surface area (Å²) >= 11 is 0. The summed E-state index contributed by atoms with van der Waals surface area (Å²) in [7, 11) is 1.55. The molecule has 0 aliphatic rings. The number of hydrogen-bond acceptors (Lipinski definition) is 4. The van der Waals surface area contributed by atoms with E-state index in [1.807, 2.05) is 12.1 Å². The molecule has 0 radical (unpaired) electrons. The molecular formula is C12H12N2O2. The van der Waals surface area contributed by atoms with Gasteiger partial charge >= 0.3 is 0 Å². The van der Waals surface area contributed by atoms with Gasteiger partial charge in [-0.25, -0.2) is 4.98 Å². The van der Waals surface area contributed by atoms with Crippen molar-refractivity contribution in [2.24, 2.45) is 0 Å². The van der Waals surface area contributed by atoms with Gasteiger partial charge in [0.25, 0.3) is 0 Å². The number of nitrogens with two attached hydrogens (primary N) is 1. The molecule has 82 valence electrons. The zero-order chi connectivity index (χ0) is 11.5. The third-order valence-electron chi connectivity index (χ3n) is 2.23. The van der Waals surface area contributed by atoms with Gasteiger partial charge in [-0.3, -0.25) is 0 Å². The number of rotatable bonds is 2. The van der Waals surface area contributed by atoms with Crippen molar-refractivity contribution in [3.8, 4) is 22.8 Å². The van der Waals surface area contributed by atoms with E-state index in [2.05, 4.69) is 4.98 Å². The summed E-state index contributed by atoms with van der Waals surface area (Å²) in [6.07, 6.45) is 0. The first-order valence-electron chi connectivity index (χ1n) is 4.80. The highest BCUT2D eigenvalue weighted by Gasteiger charge is 2.07. The van der Waals surface area contributed by atoms with Gasteiger partial charge in [-0.2, -0.15) is 0 Å². The molecule has 4 heteroatoms. The Balaban J connectivity index is 2.55. The standard InChI is InChI=1S/C12H12N2O2/c1-16-11-7-8(15)5-6-9(11)10-3-2-4-12(13)14-10/h2-7,15H,1H3,(H2,13,14). The molecule has 2 rings (SSSR count). The first-order valence-corrected chi connectivity index (χ1v) is 4.80. The van der Waals surface area contributed by atoms with Crippen LogP contribution < -0.4 is 10.5 Å². The van der Waals surface area contributed by atoms with Gasteiger partial charge in [-0.1, -0.05) is 6.07 Å². The molecule has 0 saturated heterocycles. The first-order chi connectivity index (χ1) is 7.70. The zero-order valence-corrected chi connectivity index (χ0v) is 8.84. The van der Waals surface area contributed by atoms with Crippen LogP contribution in [0.25, 0.3) is 11.3 Å². The van der Waals surface area contributed by atoms with E-state index >= 15 is 0 Å². The molecule has 4 nitrogen and oxygen atoms in total. The van der Waals surface area contributed by atoms with Gasteiger partial charge in [0, 0.05) is 11.6 Å². The van der Waals surface area contributed by atoms with Gasteiger partial charge in [0.15, 0.2) is 0 Å². The van der Waals surface area contributed by atoms with E-state index in [0.29, 0.717) is 11.6 Å². The molecule has 1 aromatic carbocycles. The summed E-state index contributed by atoms with van der Waals surface area (Å²) < 4.78 is 5.18. The van der Waals surface area contributed by atoms with E-state index in [0.717, 1.165) is 11.3 Å². The van der Waals surface area contributed by atoms with Crippen LogP contribution in [0.4, 0.5) is 5.82 Å². The lowest BCUT2D eigenvalue weighted by Crippen LogP contribution is -1.93. The van der Waals surface area contributed by atoms with Gasteiger partial charge in [-0.15, -0.1) is 0 Å². The van der Waals surface area contributed by atoms with E-state index in [-0.39, 0.29) is 5.75 Å². The normalized spacial score (nSPS) is 10.1. The number of phenolic OH excluding ortho intramolecular Hbond substituents is 1. The highest BCUT2D eigenvalue weighted by molar-refractivity contribution is 5.69. The number of pyridine rings is 1. The van der Waals surface area contributed by atoms with Crippen molar-refractivity contribution in [1.82, 2.24) is 4.98 Å². The van der Waals surface area contributed by atoms with Crippen LogP contribution >= 0.6 is 0 Å². The van der Waals surface area contributed by atoms with E-state index in [9.17, 15) is 5.11 Å². The Labute approximate surface area is 93.3 Å². The van der Waals surface area contributed by atoms with Crippen molar-refractivity contribution >= 4 is 5.82 Å². The molecule has 0 atom stereocenters. The Morgan fingerprint density at radius 1 is 1.25 bits per heavy atom. The Hall–Kier alpha value is -2.23. The minimum atomic E-state index is 0.157. The average Bonchev–Trinajstić information content (AvgIpc) is 2.28. The van der Waals surface area contributed by atoms with Gasteiger partial charge < -0.3 is 15.6 Å². The largest absolute Gasteiger partial charge is 0.508 e. The Morgan fingerprint density at radius 2 is 2.06 bits per heavy atom. The highest BCUT2D eigenvalue weighted by Crippen LogP contribution is 2.31. The minimum absolute atomic E-state index is 0.157. The van der Waals surface area contributed by atoms with Crippen molar-refractivity contribution in [2.45, 2.75) is 0 Å². The third kappa shape index (κ3) is 1.91. The summed E-state index contributed by atoms with van der Waals surface area (Å²) in [5, 5.41) is 9.35. The molecule has 2 aromatic rings. The Bertz CT molecular complexity index is 512. The predicted molar refractivity (Wildman–Crippen MR) is 62.3 cm³/mol. The maximum atomic E-state index is 9.35. The van der Waals surface area contributed by atoms with E-state index in [1.54, 1.807) is 31.4 Å². The van der Waals surface area contributed by atoms with Crippen LogP contribution in [0.5, 0.6) is 11.5 Å². The minimum Gasteiger partial charge on any atom is -0.508 e. The van der Waals surface area contributed by atoms with Gasteiger partial charge in [0.05, 0.1) is 12.8 Å². The fourth-order valence-corrected chi connectivity index (χ4v) is 1.49.